The number of hydrogen-bond acceptors (Lipinski definition) is 2. The zero-order valence-electron chi connectivity index (χ0n) is 15.7. The molecule has 0 aromatic heterocycles. The normalized spacial score (nSPS) is 24.1. The maximum absolute atomic E-state index is 12.7. The number of amides is 3. The summed E-state index contributed by atoms with van der Waals surface area (Å²) in [5.41, 5.74) is 2.65. The largest absolute Gasteiger partial charge is 0.343 e. The van der Waals surface area contributed by atoms with Gasteiger partial charge in [-0.3, -0.25) is 4.79 Å². The van der Waals surface area contributed by atoms with Gasteiger partial charge in [-0.05, 0) is 35.3 Å². The van der Waals surface area contributed by atoms with Gasteiger partial charge >= 0.3 is 6.03 Å². The van der Waals surface area contributed by atoms with E-state index < -0.39 is 0 Å². The van der Waals surface area contributed by atoms with E-state index in [2.05, 4.69) is 37.4 Å². The molecule has 0 unspecified atom stereocenters. The number of benzene rings is 1. The molecule has 1 aliphatic carbocycles. The summed E-state index contributed by atoms with van der Waals surface area (Å²) in [6.07, 6.45) is 1.89. The molecule has 3 rings (SSSR count). The van der Waals surface area contributed by atoms with E-state index in [0.29, 0.717) is 12.5 Å². The van der Waals surface area contributed by atoms with Gasteiger partial charge in [0.1, 0.15) is 0 Å². The fourth-order valence-electron chi connectivity index (χ4n) is 4.27. The molecule has 1 aromatic rings. The molecular weight excluding hydrogens is 314 g/mol. The van der Waals surface area contributed by atoms with Crippen molar-refractivity contribution in [3.63, 3.8) is 0 Å². The summed E-state index contributed by atoms with van der Waals surface area (Å²) < 4.78 is 0. The SMILES string of the molecule is CC(=O)N1CC[C@@H](CN(C)C(=O)N[C@@H]2CC(C)(C)c3ccccc32)C1. The number of urea groups is 1. The number of hydrogen-bond donors (Lipinski definition) is 1. The van der Waals surface area contributed by atoms with Crippen LogP contribution in [0.2, 0.25) is 0 Å². The third-order valence-corrected chi connectivity index (χ3v) is 5.69. The van der Waals surface area contributed by atoms with Gasteiger partial charge in [-0.15, -0.1) is 0 Å². The summed E-state index contributed by atoms with van der Waals surface area (Å²) in [5, 5.41) is 3.20. The molecule has 1 aliphatic heterocycles. The number of likely N-dealkylation sites (tertiary alicyclic amines) is 1. The van der Waals surface area contributed by atoms with E-state index in [1.165, 1.54) is 11.1 Å². The Labute approximate surface area is 150 Å². The maximum Gasteiger partial charge on any atom is 0.317 e. The minimum Gasteiger partial charge on any atom is -0.343 e. The Kier molecular flexibility index (Phi) is 4.76. The Morgan fingerprint density at radius 3 is 2.72 bits per heavy atom. The van der Waals surface area contributed by atoms with Crippen LogP contribution in [-0.4, -0.2) is 48.4 Å². The fourth-order valence-corrected chi connectivity index (χ4v) is 4.27. The van der Waals surface area contributed by atoms with Crippen LogP contribution in [-0.2, 0) is 10.2 Å². The van der Waals surface area contributed by atoms with E-state index in [1.807, 2.05) is 18.0 Å². The maximum atomic E-state index is 12.7. The summed E-state index contributed by atoms with van der Waals surface area (Å²) in [7, 11) is 1.84. The monoisotopic (exact) mass is 343 g/mol. The topological polar surface area (TPSA) is 52.7 Å². The Morgan fingerprint density at radius 2 is 2.04 bits per heavy atom. The van der Waals surface area contributed by atoms with Gasteiger partial charge in [-0.25, -0.2) is 4.79 Å². The molecule has 25 heavy (non-hydrogen) atoms. The van der Waals surface area contributed by atoms with Crippen LogP contribution in [0.5, 0.6) is 0 Å². The molecule has 3 amide bonds. The zero-order chi connectivity index (χ0) is 18.2. The number of nitrogens with zero attached hydrogens (tertiary/aromatic N) is 2. The van der Waals surface area contributed by atoms with E-state index in [1.54, 1.807) is 11.8 Å². The van der Waals surface area contributed by atoms with Crippen molar-refractivity contribution in [2.75, 3.05) is 26.7 Å². The zero-order valence-corrected chi connectivity index (χ0v) is 15.7. The molecule has 1 N–H and O–H groups in total. The molecular formula is C20H29N3O2. The first-order valence-corrected chi connectivity index (χ1v) is 9.14. The van der Waals surface area contributed by atoms with Gasteiger partial charge in [0.15, 0.2) is 0 Å². The van der Waals surface area contributed by atoms with Gasteiger partial charge in [-0.2, -0.15) is 0 Å². The minimum atomic E-state index is -0.0289. The minimum absolute atomic E-state index is 0.0289. The Morgan fingerprint density at radius 1 is 1.32 bits per heavy atom. The Balaban J connectivity index is 1.59. The standard InChI is InChI=1S/C20H29N3O2/c1-14(24)23-10-9-15(13-23)12-22(4)19(25)21-18-11-20(2,3)17-8-6-5-7-16(17)18/h5-8,15,18H,9-13H2,1-4H3,(H,21,25)/t15-,18+/m0/s1. The van der Waals surface area contributed by atoms with Crippen molar-refractivity contribution in [1.82, 2.24) is 15.1 Å². The average Bonchev–Trinajstić information content (AvgIpc) is 3.11. The lowest BCUT2D eigenvalue weighted by Gasteiger charge is -2.25. The predicted molar refractivity (Wildman–Crippen MR) is 98.3 cm³/mol. The molecule has 1 fully saturated rings. The number of carbonyl (C=O) groups excluding carboxylic acids is 2. The molecule has 2 aliphatic rings. The van der Waals surface area contributed by atoms with E-state index in [9.17, 15) is 9.59 Å². The third kappa shape index (κ3) is 3.65. The van der Waals surface area contributed by atoms with Gasteiger partial charge in [0.05, 0.1) is 6.04 Å². The van der Waals surface area contributed by atoms with Gasteiger partial charge < -0.3 is 15.1 Å². The first kappa shape index (κ1) is 17.8. The molecule has 0 radical (unpaired) electrons. The second kappa shape index (κ2) is 6.70. The first-order chi connectivity index (χ1) is 11.8. The Hall–Kier alpha value is -2.04. The Bertz CT molecular complexity index is 671. The molecule has 5 heteroatoms. The van der Waals surface area contributed by atoms with Crippen LogP contribution < -0.4 is 5.32 Å². The van der Waals surface area contributed by atoms with Crippen LogP contribution in [0.1, 0.15) is 50.8 Å². The van der Waals surface area contributed by atoms with Gasteiger partial charge in [0, 0.05) is 33.6 Å². The van der Waals surface area contributed by atoms with Crippen LogP contribution in [0.4, 0.5) is 4.79 Å². The summed E-state index contributed by atoms with van der Waals surface area (Å²) in [6.45, 7) is 8.32. The molecule has 1 heterocycles. The highest BCUT2D eigenvalue weighted by Gasteiger charge is 2.37. The fraction of sp³-hybridized carbons (Fsp3) is 0.600. The molecule has 5 nitrogen and oxygen atoms in total. The number of fused-ring (bicyclic) bond motifs is 1. The molecule has 1 saturated heterocycles. The van der Waals surface area contributed by atoms with Crippen molar-refractivity contribution >= 4 is 11.9 Å². The number of carbonyl (C=O) groups is 2. The molecule has 0 spiro atoms. The van der Waals surface area contributed by atoms with Crippen LogP contribution in [0, 0.1) is 5.92 Å². The second-order valence-corrected chi connectivity index (χ2v) is 8.18. The predicted octanol–water partition coefficient (Wildman–Crippen LogP) is 2.92. The highest BCUT2D eigenvalue weighted by Crippen LogP contribution is 2.44. The summed E-state index contributed by atoms with van der Waals surface area (Å²) >= 11 is 0. The van der Waals surface area contributed by atoms with Crippen LogP contribution in [0.15, 0.2) is 24.3 Å². The molecule has 0 saturated carbocycles. The van der Waals surface area contributed by atoms with Gasteiger partial charge in [0.2, 0.25) is 5.91 Å². The third-order valence-electron chi connectivity index (χ3n) is 5.69. The van der Waals surface area contributed by atoms with E-state index in [4.69, 9.17) is 0 Å². The van der Waals surface area contributed by atoms with E-state index >= 15 is 0 Å². The highest BCUT2D eigenvalue weighted by atomic mass is 16.2. The summed E-state index contributed by atoms with van der Waals surface area (Å²) in [5.74, 6) is 0.492. The lowest BCUT2D eigenvalue weighted by molar-refractivity contribution is -0.127. The molecule has 1 aromatic carbocycles. The van der Waals surface area contributed by atoms with Crippen molar-refractivity contribution in [2.45, 2.75) is 45.1 Å². The van der Waals surface area contributed by atoms with Crippen molar-refractivity contribution in [2.24, 2.45) is 5.92 Å². The average molecular weight is 343 g/mol. The van der Waals surface area contributed by atoms with Crippen molar-refractivity contribution in [3.05, 3.63) is 35.4 Å². The lowest BCUT2D eigenvalue weighted by atomic mass is 9.86. The highest BCUT2D eigenvalue weighted by molar-refractivity contribution is 5.75. The van der Waals surface area contributed by atoms with E-state index in [-0.39, 0.29) is 23.4 Å². The van der Waals surface area contributed by atoms with Crippen molar-refractivity contribution < 1.29 is 9.59 Å². The van der Waals surface area contributed by atoms with Crippen LogP contribution in [0.3, 0.4) is 0 Å². The van der Waals surface area contributed by atoms with Crippen LogP contribution in [0.25, 0.3) is 0 Å². The second-order valence-electron chi connectivity index (χ2n) is 8.18. The smallest absolute Gasteiger partial charge is 0.317 e. The van der Waals surface area contributed by atoms with E-state index in [0.717, 1.165) is 25.9 Å². The van der Waals surface area contributed by atoms with Gasteiger partial charge in [0.25, 0.3) is 0 Å². The molecule has 2 atom stereocenters. The van der Waals surface area contributed by atoms with Crippen molar-refractivity contribution in [1.29, 1.82) is 0 Å². The number of nitrogens with one attached hydrogen (secondary N) is 1. The molecule has 0 bridgehead atoms. The number of rotatable bonds is 3. The summed E-state index contributed by atoms with van der Waals surface area (Å²) in [6, 6.07) is 8.43. The quantitative estimate of drug-likeness (QED) is 0.917. The summed E-state index contributed by atoms with van der Waals surface area (Å²) in [4.78, 5) is 27.7. The van der Waals surface area contributed by atoms with Crippen LogP contribution >= 0.6 is 0 Å². The molecule has 136 valence electrons. The van der Waals surface area contributed by atoms with Gasteiger partial charge in [-0.1, -0.05) is 38.1 Å². The van der Waals surface area contributed by atoms with Crippen molar-refractivity contribution in [3.8, 4) is 0 Å². The first-order valence-electron chi connectivity index (χ1n) is 9.14. The lowest BCUT2D eigenvalue weighted by Crippen LogP contribution is -2.42.